The van der Waals surface area contributed by atoms with Gasteiger partial charge in [0.1, 0.15) is 5.75 Å². The highest BCUT2D eigenvalue weighted by Crippen LogP contribution is 2.17. The van der Waals surface area contributed by atoms with E-state index in [0.29, 0.717) is 16.9 Å². The highest BCUT2D eigenvalue weighted by Gasteiger charge is 2.13. The number of benzene rings is 2. The van der Waals surface area contributed by atoms with Crippen LogP contribution >= 0.6 is 0 Å². The summed E-state index contributed by atoms with van der Waals surface area (Å²) in [4.78, 5) is 25.5. The summed E-state index contributed by atoms with van der Waals surface area (Å²) in [5, 5.41) is 11.7. The Bertz CT molecular complexity index is 823. The second-order valence-electron chi connectivity index (χ2n) is 6.03. The van der Waals surface area contributed by atoms with Crippen LogP contribution in [0.5, 0.6) is 5.75 Å². The number of nitriles is 1. The summed E-state index contributed by atoms with van der Waals surface area (Å²) >= 11 is 0. The Balaban J connectivity index is 2.01. The molecule has 2 amide bonds. The van der Waals surface area contributed by atoms with Gasteiger partial charge in [-0.25, -0.2) is 0 Å². The number of hydrogen-bond donors (Lipinski definition) is 1. The number of hydrogen-bond acceptors (Lipinski definition) is 4. The Morgan fingerprint density at radius 1 is 1.19 bits per heavy atom. The smallest absolute Gasteiger partial charge is 0.259 e. The molecule has 0 radical (unpaired) electrons. The number of rotatable bonds is 6. The third kappa shape index (κ3) is 5.08. The molecule has 6 nitrogen and oxygen atoms in total. The summed E-state index contributed by atoms with van der Waals surface area (Å²) in [7, 11) is 3.31. The SMILES string of the molecule is CC(NC(=O)c1cccc(OCC(=O)N(C)C)c1)c1ccc(C#N)cc1. The fourth-order valence-electron chi connectivity index (χ4n) is 2.21. The Kier molecular flexibility index (Phi) is 6.34. The van der Waals surface area contributed by atoms with Crippen LogP contribution in [-0.2, 0) is 4.79 Å². The van der Waals surface area contributed by atoms with Gasteiger partial charge in [-0.2, -0.15) is 5.26 Å². The van der Waals surface area contributed by atoms with Gasteiger partial charge in [-0.05, 0) is 42.8 Å². The van der Waals surface area contributed by atoms with Crippen LogP contribution in [-0.4, -0.2) is 37.4 Å². The van der Waals surface area contributed by atoms with Crippen molar-refractivity contribution >= 4 is 11.8 Å². The van der Waals surface area contributed by atoms with E-state index in [2.05, 4.69) is 11.4 Å². The molecule has 0 heterocycles. The van der Waals surface area contributed by atoms with Crippen LogP contribution in [0.25, 0.3) is 0 Å². The highest BCUT2D eigenvalue weighted by molar-refractivity contribution is 5.94. The van der Waals surface area contributed by atoms with Gasteiger partial charge in [-0.15, -0.1) is 0 Å². The van der Waals surface area contributed by atoms with Crippen molar-refractivity contribution in [1.29, 1.82) is 5.26 Å². The summed E-state index contributed by atoms with van der Waals surface area (Å²) in [6, 6.07) is 15.6. The predicted molar refractivity (Wildman–Crippen MR) is 97.7 cm³/mol. The minimum atomic E-state index is -0.244. The minimum absolute atomic E-state index is 0.0836. The maximum atomic E-state index is 12.5. The minimum Gasteiger partial charge on any atom is -0.484 e. The van der Waals surface area contributed by atoms with Crippen molar-refractivity contribution in [1.82, 2.24) is 10.2 Å². The molecule has 1 N–H and O–H groups in total. The fourth-order valence-corrected chi connectivity index (χ4v) is 2.21. The first-order valence-corrected chi connectivity index (χ1v) is 8.14. The molecule has 0 aliphatic heterocycles. The molecule has 0 aliphatic carbocycles. The summed E-state index contributed by atoms with van der Waals surface area (Å²) in [6.45, 7) is 1.79. The molecule has 0 aromatic heterocycles. The Labute approximate surface area is 153 Å². The quantitative estimate of drug-likeness (QED) is 0.867. The number of ether oxygens (including phenoxy) is 1. The molecule has 0 saturated carbocycles. The number of nitrogens with one attached hydrogen (secondary N) is 1. The molecule has 2 aromatic carbocycles. The van der Waals surface area contributed by atoms with Crippen LogP contribution in [0, 0.1) is 11.3 Å². The van der Waals surface area contributed by atoms with Crippen molar-refractivity contribution in [3.63, 3.8) is 0 Å². The first-order chi connectivity index (χ1) is 12.4. The summed E-state index contributed by atoms with van der Waals surface area (Å²) in [6.07, 6.45) is 0. The highest BCUT2D eigenvalue weighted by atomic mass is 16.5. The van der Waals surface area contributed by atoms with Crippen LogP contribution in [0.4, 0.5) is 0 Å². The number of amides is 2. The number of carbonyl (C=O) groups is 2. The van der Waals surface area contributed by atoms with Gasteiger partial charge in [0.2, 0.25) is 0 Å². The molecule has 2 aromatic rings. The molecular formula is C20H21N3O3. The summed E-state index contributed by atoms with van der Waals surface area (Å²) in [5.41, 5.74) is 1.92. The van der Waals surface area contributed by atoms with Gasteiger partial charge < -0.3 is 15.0 Å². The number of likely N-dealkylation sites (N-methyl/N-ethyl adjacent to an activating group) is 1. The third-order valence-corrected chi connectivity index (χ3v) is 3.84. The van der Waals surface area contributed by atoms with Crippen molar-refractivity contribution in [2.75, 3.05) is 20.7 Å². The maximum absolute atomic E-state index is 12.5. The Morgan fingerprint density at radius 3 is 2.50 bits per heavy atom. The summed E-state index contributed by atoms with van der Waals surface area (Å²) < 4.78 is 5.43. The molecule has 6 heteroatoms. The van der Waals surface area contributed by atoms with E-state index in [4.69, 9.17) is 10.00 Å². The van der Waals surface area contributed by atoms with E-state index in [-0.39, 0.29) is 24.5 Å². The molecule has 0 spiro atoms. The second-order valence-corrected chi connectivity index (χ2v) is 6.03. The van der Waals surface area contributed by atoms with Gasteiger partial charge in [0, 0.05) is 19.7 Å². The molecule has 2 rings (SSSR count). The van der Waals surface area contributed by atoms with E-state index < -0.39 is 0 Å². The van der Waals surface area contributed by atoms with Gasteiger partial charge in [-0.3, -0.25) is 9.59 Å². The molecule has 1 atom stereocenters. The lowest BCUT2D eigenvalue weighted by Crippen LogP contribution is -2.28. The largest absolute Gasteiger partial charge is 0.484 e. The van der Waals surface area contributed by atoms with Gasteiger partial charge in [-0.1, -0.05) is 18.2 Å². The van der Waals surface area contributed by atoms with Crippen molar-refractivity contribution in [3.05, 3.63) is 65.2 Å². The van der Waals surface area contributed by atoms with Crippen molar-refractivity contribution in [2.24, 2.45) is 0 Å². The third-order valence-electron chi connectivity index (χ3n) is 3.84. The van der Waals surface area contributed by atoms with Gasteiger partial charge in [0.15, 0.2) is 6.61 Å². The maximum Gasteiger partial charge on any atom is 0.259 e. The molecule has 26 heavy (non-hydrogen) atoms. The van der Waals surface area contributed by atoms with E-state index in [0.717, 1.165) is 5.56 Å². The van der Waals surface area contributed by atoms with E-state index >= 15 is 0 Å². The van der Waals surface area contributed by atoms with E-state index in [1.54, 1.807) is 50.5 Å². The number of nitrogens with zero attached hydrogens (tertiary/aromatic N) is 2. The van der Waals surface area contributed by atoms with Crippen molar-refractivity contribution in [2.45, 2.75) is 13.0 Å². The van der Waals surface area contributed by atoms with Gasteiger partial charge >= 0.3 is 0 Å². The molecule has 0 bridgehead atoms. The zero-order valence-corrected chi connectivity index (χ0v) is 15.0. The zero-order valence-electron chi connectivity index (χ0n) is 15.0. The molecule has 134 valence electrons. The normalized spacial score (nSPS) is 11.2. The molecule has 0 fully saturated rings. The topological polar surface area (TPSA) is 82.4 Å². The van der Waals surface area contributed by atoms with Crippen LogP contribution in [0.15, 0.2) is 48.5 Å². The predicted octanol–water partition coefficient (Wildman–Crippen LogP) is 2.52. The molecule has 0 saturated heterocycles. The Hall–Kier alpha value is -3.33. The second kappa shape index (κ2) is 8.67. The first-order valence-electron chi connectivity index (χ1n) is 8.14. The van der Waals surface area contributed by atoms with Gasteiger partial charge in [0.05, 0.1) is 17.7 Å². The van der Waals surface area contributed by atoms with Crippen LogP contribution in [0.3, 0.4) is 0 Å². The van der Waals surface area contributed by atoms with Crippen LogP contribution in [0.1, 0.15) is 34.5 Å². The average molecular weight is 351 g/mol. The molecule has 1 unspecified atom stereocenters. The monoisotopic (exact) mass is 351 g/mol. The summed E-state index contributed by atoms with van der Waals surface area (Å²) in [5.74, 6) is 0.0550. The van der Waals surface area contributed by atoms with Crippen LogP contribution in [0.2, 0.25) is 0 Å². The van der Waals surface area contributed by atoms with E-state index in [1.807, 2.05) is 19.1 Å². The van der Waals surface area contributed by atoms with E-state index in [1.165, 1.54) is 4.90 Å². The standard InChI is InChI=1S/C20H21N3O3/c1-14(16-9-7-15(12-21)8-10-16)22-20(25)17-5-4-6-18(11-17)26-13-19(24)23(2)3/h4-11,14H,13H2,1-3H3,(H,22,25). The lowest BCUT2D eigenvalue weighted by Gasteiger charge is -2.15. The Morgan fingerprint density at radius 2 is 1.88 bits per heavy atom. The fraction of sp³-hybridized carbons (Fsp3) is 0.250. The van der Waals surface area contributed by atoms with Gasteiger partial charge in [0.25, 0.3) is 11.8 Å². The van der Waals surface area contributed by atoms with Crippen molar-refractivity contribution in [3.8, 4) is 11.8 Å². The lowest BCUT2D eigenvalue weighted by molar-refractivity contribution is -0.130. The lowest BCUT2D eigenvalue weighted by atomic mass is 10.1. The zero-order chi connectivity index (χ0) is 19.1. The number of carbonyl (C=O) groups excluding carboxylic acids is 2. The molecular weight excluding hydrogens is 330 g/mol. The first kappa shape index (κ1) is 19.0. The van der Waals surface area contributed by atoms with Crippen molar-refractivity contribution < 1.29 is 14.3 Å². The average Bonchev–Trinajstić information content (AvgIpc) is 2.66. The van der Waals surface area contributed by atoms with E-state index in [9.17, 15) is 9.59 Å². The van der Waals surface area contributed by atoms with Crippen LogP contribution < -0.4 is 10.1 Å². The molecule has 0 aliphatic rings.